The van der Waals surface area contributed by atoms with Gasteiger partial charge in [-0.25, -0.2) is 0 Å². The van der Waals surface area contributed by atoms with E-state index in [1.165, 1.54) is 0 Å². The standard InChI is InChI=1S/C11H15ClO/c1-2-9-5-3-6-10(9)11(13)7-4-8-12/h3,5-6,9H,2,4,7-8H2,1H3. The van der Waals surface area contributed by atoms with E-state index in [0.717, 1.165) is 18.4 Å². The normalized spacial score (nSPS) is 20.5. The topological polar surface area (TPSA) is 17.1 Å². The van der Waals surface area contributed by atoms with Gasteiger partial charge in [0.05, 0.1) is 0 Å². The highest BCUT2D eigenvalue weighted by Crippen LogP contribution is 2.24. The largest absolute Gasteiger partial charge is 0.295 e. The Morgan fingerprint density at radius 3 is 3.00 bits per heavy atom. The molecule has 1 unspecified atom stereocenters. The van der Waals surface area contributed by atoms with Gasteiger partial charge < -0.3 is 0 Å². The van der Waals surface area contributed by atoms with Crippen molar-refractivity contribution >= 4 is 17.4 Å². The van der Waals surface area contributed by atoms with Crippen LogP contribution in [0.25, 0.3) is 0 Å². The minimum atomic E-state index is 0.262. The molecule has 0 aromatic rings. The van der Waals surface area contributed by atoms with Crippen molar-refractivity contribution in [3.8, 4) is 0 Å². The Hall–Kier alpha value is -0.560. The molecule has 0 heterocycles. The molecule has 0 saturated heterocycles. The molecule has 1 rings (SSSR count). The molecule has 1 nitrogen and oxygen atoms in total. The van der Waals surface area contributed by atoms with Crippen LogP contribution in [0.2, 0.25) is 0 Å². The van der Waals surface area contributed by atoms with E-state index in [4.69, 9.17) is 11.6 Å². The van der Waals surface area contributed by atoms with Gasteiger partial charge in [-0.1, -0.05) is 25.2 Å². The lowest BCUT2D eigenvalue weighted by Crippen LogP contribution is -2.08. The molecular weight excluding hydrogens is 184 g/mol. The lowest BCUT2D eigenvalue weighted by Gasteiger charge is -2.09. The van der Waals surface area contributed by atoms with E-state index >= 15 is 0 Å². The zero-order valence-electron chi connectivity index (χ0n) is 7.92. The lowest BCUT2D eigenvalue weighted by atomic mass is 9.94. The molecule has 0 aromatic heterocycles. The first kappa shape index (κ1) is 10.5. The SMILES string of the molecule is CCC1C=CC=C1C(=O)CCCCl. The van der Waals surface area contributed by atoms with Gasteiger partial charge in [-0.15, -0.1) is 11.6 Å². The number of carbonyl (C=O) groups is 1. The third-order valence-electron chi connectivity index (χ3n) is 2.32. The molecule has 0 fully saturated rings. The molecule has 0 radical (unpaired) electrons. The second kappa shape index (κ2) is 5.23. The van der Waals surface area contributed by atoms with Crippen LogP contribution in [0, 0.1) is 5.92 Å². The van der Waals surface area contributed by atoms with E-state index in [0.29, 0.717) is 18.2 Å². The molecule has 72 valence electrons. The van der Waals surface area contributed by atoms with Crippen molar-refractivity contribution < 1.29 is 4.79 Å². The molecule has 0 amide bonds. The first-order valence-corrected chi connectivity index (χ1v) is 5.30. The average Bonchev–Trinajstić information content (AvgIpc) is 2.61. The predicted molar refractivity (Wildman–Crippen MR) is 56.0 cm³/mol. The maximum Gasteiger partial charge on any atom is 0.159 e. The van der Waals surface area contributed by atoms with Crippen molar-refractivity contribution in [3.63, 3.8) is 0 Å². The summed E-state index contributed by atoms with van der Waals surface area (Å²) in [6, 6.07) is 0. The van der Waals surface area contributed by atoms with Crippen LogP contribution in [0.15, 0.2) is 23.8 Å². The van der Waals surface area contributed by atoms with Gasteiger partial charge in [-0.2, -0.15) is 0 Å². The maximum absolute atomic E-state index is 11.6. The monoisotopic (exact) mass is 198 g/mol. The van der Waals surface area contributed by atoms with Gasteiger partial charge in [0, 0.05) is 23.8 Å². The van der Waals surface area contributed by atoms with E-state index in [2.05, 4.69) is 13.0 Å². The summed E-state index contributed by atoms with van der Waals surface area (Å²) in [5.74, 6) is 1.18. The van der Waals surface area contributed by atoms with Crippen LogP contribution >= 0.6 is 11.6 Å². The molecule has 1 aliphatic rings. The highest BCUT2D eigenvalue weighted by atomic mass is 35.5. The van der Waals surface area contributed by atoms with E-state index < -0.39 is 0 Å². The molecule has 0 aliphatic heterocycles. The van der Waals surface area contributed by atoms with Crippen LogP contribution in [-0.2, 0) is 4.79 Å². The highest BCUT2D eigenvalue weighted by Gasteiger charge is 2.18. The van der Waals surface area contributed by atoms with Gasteiger partial charge in [-0.05, 0) is 12.8 Å². The third kappa shape index (κ3) is 2.70. The summed E-state index contributed by atoms with van der Waals surface area (Å²) in [5, 5.41) is 0. The zero-order valence-corrected chi connectivity index (χ0v) is 8.68. The number of carbonyl (C=O) groups excluding carboxylic acids is 1. The Labute approximate surface area is 84.5 Å². The first-order valence-electron chi connectivity index (χ1n) is 4.77. The average molecular weight is 199 g/mol. The summed E-state index contributed by atoms with van der Waals surface area (Å²) in [7, 11) is 0. The van der Waals surface area contributed by atoms with E-state index in [1.54, 1.807) is 0 Å². The number of rotatable bonds is 5. The number of hydrogen-bond acceptors (Lipinski definition) is 1. The summed E-state index contributed by atoms with van der Waals surface area (Å²) in [6.07, 6.45) is 8.39. The highest BCUT2D eigenvalue weighted by molar-refractivity contribution is 6.18. The van der Waals surface area contributed by atoms with Gasteiger partial charge in [-0.3, -0.25) is 4.79 Å². The maximum atomic E-state index is 11.6. The Kier molecular flexibility index (Phi) is 4.23. The number of alkyl halides is 1. The van der Waals surface area contributed by atoms with Crippen LogP contribution < -0.4 is 0 Å². The molecule has 0 saturated carbocycles. The van der Waals surface area contributed by atoms with Crippen molar-refractivity contribution in [1.82, 2.24) is 0 Å². The quantitative estimate of drug-likeness (QED) is 0.621. The second-order valence-corrected chi connectivity index (χ2v) is 3.62. The minimum Gasteiger partial charge on any atom is -0.295 e. The minimum absolute atomic E-state index is 0.262. The molecule has 0 spiro atoms. The third-order valence-corrected chi connectivity index (χ3v) is 2.59. The summed E-state index contributed by atoms with van der Waals surface area (Å²) in [6.45, 7) is 2.10. The van der Waals surface area contributed by atoms with Gasteiger partial charge in [0.1, 0.15) is 0 Å². The van der Waals surface area contributed by atoms with Gasteiger partial charge in [0.2, 0.25) is 0 Å². The van der Waals surface area contributed by atoms with Crippen molar-refractivity contribution in [1.29, 1.82) is 0 Å². The van der Waals surface area contributed by atoms with Gasteiger partial charge in [0.15, 0.2) is 5.78 Å². The lowest BCUT2D eigenvalue weighted by molar-refractivity contribution is -0.115. The van der Waals surface area contributed by atoms with Crippen LogP contribution in [-0.4, -0.2) is 11.7 Å². The Morgan fingerprint density at radius 1 is 1.62 bits per heavy atom. The Morgan fingerprint density at radius 2 is 2.38 bits per heavy atom. The molecular formula is C11H15ClO. The van der Waals surface area contributed by atoms with Crippen molar-refractivity contribution in [3.05, 3.63) is 23.8 Å². The van der Waals surface area contributed by atoms with Crippen LogP contribution in [0.5, 0.6) is 0 Å². The fourth-order valence-electron chi connectivity index (χ4n) is 1.55. The summed E-state index contributed by atoms with van der Waals surface area (Å²) in [5.41, 5.74) is 0.965. The van der Waals surface area contributed by atoms with Crippen LogP contribution in [0.3, 0.4) is 0 Å². The number of ketones is 1. The zero-order chi connectivity index (χ0) is 9.68. The molecule has 2 heteroatoms. The van der Waals surface area contributed by atoms with Gasteiger partial charge in [0.25, 0.3) is 0 Å². The molecule has 1 aliphatic carbocycles. The molecule has 0 N–H and O–H groups in total. The molecule has 0 bridgehead atoms. The van der Waals surface area contributed by atoms with E-state index in [1.807, 2.05) is 12.2 Å². The van der Waals surface area contributed by atoms with Crippen LogP contribution in [0.1, 0.15) is 26.2 Å². The summed E-state index contributed by atoms with van der Waals surface area (Å²) in [4.78, 5) is 11.6. The molecule has 0 aromatic carbocycles. The first-order chi connectivity index (χ1) is 6.29. The number of allylic oxidation sites excluding steroid dienone is 4. The molecule has 1 atom stereocenters. The number of halogens is 1. The van der Waals surface area contributed by atoms with Crippen molar-refractivity contribution in [2.75, 3.05) is 5.88 Å². The summed E-state index contributed by atoms with van der Waals surface area (Å²) < 4.78 is 0. The smallest absolute Gasteiger partial charge is 0.159 e. The van der Waals surface area contributed by atoms with Crippen molar-refractivity contribution in [2.45, 2.75) is 26.2 Å². The predicted octanol–water partition coefficient (Wildman–Crippen LogP) is 3.10. The van der Waals surface area contributed by atoms with E-state index in [-0.39, 0.29) is 5.78 Å². The van der Waals surface area contributed by atoms with Crippen LogP contribution in [0.4, 0.5) is 0 Å². The number of Topliss-reactive ketones (excluding diaryl/α,β-unsaturated/α-hetero) is 1. The van der Waals surface area contributed by atoms with E-state index in [9.17, 15) is 4.79 Å². The Bertz CT molecular complexity index is 240. The Balaban J connectivity index is 2.48. The summed E-state index contributed by atoms with van der Waals surface area (Å²) >= 11 is 5.54. The van der Waals surface area contributed by atoms with Gasteiger partial charge >= 0.3 is 0 Å². The van der Waals surface area contributed by atoms with Crippen molar-refractivity contribution in [2.24, 2.45) is 5.92 Å². The fourth-order valence-corrected chi connectivity index (χ4v) is 1.68. The molecule has 13 heavy (non-hydrogen) atoms. The number of hydrogen-bond donors (Lipinski definition) is 0. The second-order valence-electron chi connectivity index (χ2n) is 3.24. The fraction of sp³-hybridized carbons (Fsp3) is 0.545.